The van der Waals surface area contributed by atoms with Crippen molar-refractivity contribution >= 4 is 0 Å². The van der Waals surface area contributed by atoms with E-state index in [1.807, 2.05) is 0 Å². The predicted molar refractivity (Wildman–Crippen MR) is 74.7 cm³/mol. The van der Waals surface area contributed by atoms with Crippen molar-refractivity contribution in [3.05, 3.63) is 12.2 Å². The fourth-order valence-corrected chi connectivity index (χ4v) is 3.75. The van der Waals surface area contributed by atoms with Crippen LogP contribution >= 0.6 is 0 Å². The first-order chi connectivity index (χ1) is 9.34. The molecule has 1 aromatic rings. The average Bonchev–Trinajstić information content (AvgIpc) is 3.13. The van der Waals surface area contributed by atoms with Gasteiger partial charge in [-0.3, -0.25) is 5.10 Å². The summed E-state index contributed by atoms with van der Waals surface area (Å²) in [7, 11) is 0. The van der Waals surface area contributed by atoms with Gasteiger partial charge in [0.25, 0.3) is 0 Å². The first kappa shape index (κ1) is 13.1. The second kappa shape index (κ2) is 6.01. The van der Waals surface area contributed by atoms with Crippen LogP contribution in [0.3, 0.4) is 0 Å². The van der Waals surface area contributed by atoms with E-state index >= 15 is 0 Å². The molecule has 0 radical (unpaired) electrons. The van der Waals surface area contributed by atoms with Crippen LogP contribution in [-0.4, -0.2) is 33.8 Å². The first-order valence-electron chi connectivity index (χ1n) is 7.69. The van der Waals surface area contributed by atoms with Gasteiger partial charge in [-0.1, -0.05) is 12.8 Å². The number of H-pyrrole nitrogens is 1. The highest BCUT2D eigenvalue weighted by molar-refractivity contribution is 4.96. The standard InChI is InChI=1S/C14H25N5/c1-10(14-16-9-17-19-14)18-13-6-3-2-5-11(13)12-7-4-8-15-12/h9-13,15,18H,2-8H2,1H3,(H,16,17,19). The van der Waals surface area contributed by atoms with E-state index in [1.165, 1.54) is 45.1 Å². The Morgan fingerprint density at radius 1 is 1.26 bits per heavy atom. The lowest BCUT2D eigenvalue weighted by Gasteiger charge is -2.37. The monoisotopic (exact) mass is 263 g/mol. The van der Waals surface area contributed by atoms with Crippen LogP contribution < -0.4 is 10.6 Å². The molecule has 0 amide bonds. The Bertz CT molecular complexity index is 371. The van der Waals surface area contributed by atoms with Crippen molar-refractivity contribution in [3.8, 4) is 0 Å². The Morgan fingerprint density at radius 3 is 2.89 bits per heavy atom. The SMILES string of the molecule is CC(NC1CCCCC1C1CCCN1)c1ncn[nH]1. The van der Waals surface area contributed by atoms with Gasteiger partial charge >= 0.3 is 0 Å². The molecule has 2 fully saturated rings. The van der Waals surface area contributed by atoms with Gasteiger partial charge in [-0.25, -0.2) is 4.98 Å². The van der Waals surface area contributed by atoms with E-state index in [0.717, 1.165) is 17.8 Å². The Balaban J connectivity index is 1.63. The normalized spacial score (nSPS) is 33.4. The van der Waals surface area contributed by atoms with Crippen molar-refractivity contribution < 1.29 is 0 Å². The zero-order valence-electron chi connectivity index (χ0n) is 11.7. The quantitative estimate of drug-likeness (QED) is 0.774. The lowest BCUT2D eigenvalue weighted by Crippen LogP contribution is -2.47. The van der Waals surface area contributed by atoms with E-state index in [4.69, 9.17) is 0 Å². The van der Waals surface area contributed by atoms with Crippen LogP contribution in [0.1, 0.15) is 57.3 Å². The summed E-state index contributed by atoms with van der Waals surface area (Å²) < 4.78 is 0. The maximum absolute atomic E-state index is 4.26. The third kappa shape index (κ3) is 2.98. The Labute approximate surface area is 115 Å². The molecule has 106 valence electrons. The summed E-state index contributed by atoms with van der Waals surface area (Å²) in [5.74, 6) is 1.73. The van der Waals surface area contributed by atoms with E-state index < -0.39 is 0 Å². The van der Waals surface area contributed by atoms with Crippen LogP contribution in [0.15, 0.2) is 6.33 Å². The molecule has 1 aliphatic carbocycles. The number of aromatic nitrogens is 3. The molecule has 1 aliphatic heterocycles. The molecular weight excluding hydrogens is 238 g/mol. The molecule has 1 aromatic heterocycles. The van der Waals surface area contributed by atoms with Gasteiger partial charge in [0, 0.05) is 12.1 Å². The van der Waals surface area contributed by atoms with Gasteiger partial charge in [0.15, 0.2) is 0 Å². The minimum Gasteiger partial charge on any atom is -0.314 e. The molecule has 5 heteroatoms. The summed E-state index contributed by atoms with van der Waals surface area (Å²) in [4.78, 5) is 4.26. The van der Waals surface area contributed by atoms with Gasteiger partial charge in [-0.05, 0) is 45.1 Å². The van der Waals surface area contributed by atoms with Gasteiger partial charge in [0.05, 0.1) is 6.04 Å². The van der Waals surface area contributed by atoms with Crippen molar-refractivity contribution in [2.24, 2.45) is 5.92 Å². The fraction of sp³-hybridized carbons (Fsp3) is 0.857. The van der Waals surface area contributed by atoms with Gasteiger partial charge in [-0.15, -0.1) is 0 Å². The number of nitrogens with zero attached hydrogens (tertiary/aromatic N) is 2. The summed E-state index contributed by atoms with van der Waals surface area (Å²) in [5, 5.41) is 14.4. The second-order valence-corrected chi connectivity index (χ2v) is 6.02. The summed E-state index contributed by atoms with van der Waals surface area (Å²) in [6.07, 6.45) is 9.66. The summed E-state index contributed by atoms with van der Waals surface area (Å²) in [6, 6.07) is 1.60. The number of hydrogen-bond donors (Lipinski definition) is 3. The lowest BCUT2D eigenvalue weighted by atomic mass is 9.79. The molecule has 2 heterocycles. The van der Waals surface area contributed by atoms with E-state index in [0.29, 0.717) is 6.04 Å². The van der Waals surface area contributed by atoms with Crippen LogP contribution in [0, 0.1) is 5.92 Å². The summed E-state index contributed by atoms with van der Waals surface area (Å²) >= 11 is 0. The number of hydrogen-bond acceptors (Lipinski definition) is 4. The molecule has 3 N–H and O–H groups in total. The number of nitrogens with one attached hydrogen (secondary N) is 3. The van der Waals surface area contributed by atoms with Crippen molar-refractivity contribution in [1.29, 1.82) is 0 Å². The van der Waals surface area contributed by atoms with Crippen molar-refractivity contribution in [2.75, 3.05) is 6.54 Å². The molecule has 5 nitrogen and oxygen atoms in total. The highest BCUT2D eigenvalue weighted by Crippen LogP contribution is 2.31. The Hall–Kier alpha value is -0.940. The zero-order chi connectivity index (χ0) is 13.1. The van der Waals surface area contributed by atoms with Gasteiger partial charge in [0.2, 0.25) is 0 Å². The minimum atomic E-state index is 0.259. The zero-order valence-corrected chi connectivity index (χ0v) is 11.7. The largest absolute Gasteiger partial charge is 0.314 e. The molecule has 3 rings (SSSR count). The third-order valence-electron chi connectivity index (χ3n) is 4.74. The van der Waals surface area contributed by atoms with Crippen LogP contribution in [0.5, 0.6) is 0 Å². The maximum atomic E-state index is 4.26. The van der Waals surface area contributed by atoms with Crippen molar-refractivity contribution in [1.82, 2.24) is 25.8 Å². The summed E-state index contributed by atoms with van der Waals surface area (Å²) in [5.41, 5.74) is 0. The highest BCUT2D eigenvalue weighted by Gasteiger charge is 2.34. The fourth-order valence-electron chi connectivity index (χ4n) is 3.75. The molecule has 1 saturated heterocycles. The predicted octanol–water partition coefficient (Wildman–Crippen LogP) is 1.77. The third-order valence-corrected chi connectivity index (χ3v) is 4.74. The van der Waals surface area contributed by atoms with E-state index in [2.05, 4.69) is 32.7 Å². The molecule has 2 aliphatic rings. The van der Waals surface area contributed by atoms with E-state index in [9.17, 15) is 0 Å². The molecule has 4 atom stereocenters. The first-order valence-corrected chi connectivity index (χ1v) is 7.69. The van der Waals surface area contributed by atoms with Gasteiger partial charge in [0.1, 0.15) is 12.2 Å². The van der Waals surface area contributed by atoms with E-state index in [1.54, 1.807) is 6.33 Å². The van der Waals surface area contributed by atoms with E-state index in [-0.39, 0.29) is 6.04 Å². The number of rotatable bonds is 4. The highest BCUT2D eigenvalue weighted by atomic mass is 15.2. The van der Waals surface area contributed by atoms with Crippen LogP contribution in [0.4, 0.5) is 0 Å². The van der Waals surface area contributed by atoms with Crippen LogP contribution in [0.25, 0.3) is 0 Å². The molecule has 0 bridgehead atoms. The maximum Gasteiger partial charge on any atom is 0.141 e. The van der Waals surface area contributed by atoms with Crippen molar-refractivity contribution in [3.63, 3.8) is 0 Å². The molecule has 1 saturated carbocycles. The molecule has 0 aromatic carbocycles. The lowest BCUT2D eigenvalue weighted by molar-refractivity contribution is 0.202. The van der Waals surface area contributed by atoms with Crippen molar-refractivity contribution in [2.45, 2.75) is 63.6 Å². The topological polar surface area (TPSA) is 65.6 Å². The van der Waals surface area contributed by atoms with Crippen LogP contribution in [0.2, 0.25) is 0 Å². The summed E-state index contributed by atoms with van der Waals surface area (Å²) in [6.45, 7) is 3.37. The second-order valence-electron chi connectivity index (χ2n) is 6.02. The Morgan fingerprint density at radius 2 is 2.16 bits per heavy atom. The smallest absolute Gasteiger partial charge is 0.141 e. The van der Waals surface area contributed by atoms with Gasteiger partial charge < -0.3 is 10.6 Å². The average molecular weight is 263 g/mol. The Kier molecular flexibility index (Phi) is 4.13. The molecule has 19 heavy (non-hydrogen) atoms. The number of aromatic amines is 1. The molecule has 0 spiro atoms. The molecule has 4 unspecified atom stereocenters. The molecular formula is C14H25N5. The minimum absolute atomic E-state index is 0.259. The van der Waals surface area contributed by atoms with Crippen LogP contribution in [-0.2, 0) is 0 Å². The van der Waals surface area contributed by atoms with Gasteiger partial charge in [-0.2, -0.15) is 5.10 Å².